The molecule has 2 rings (SSSR count). The highest BCUT2D eigenvalue weighted by atomic mass is 15.2. The monoisotopic (exact) mass is 165 g/mol. The first-order valence-corrected chi connectivity index (χ1v) is 3.83. The number of fused-ring (bicyclic) bond motifs is 1. The maximum Gasteiger partial charge on any atom is 0.159 e. The van der Waals surface area contributed by atoms with E-state index in [1.807, 2.05) is 14.0 Å². The molecule has 5 heteroatoms. The Morgan fingerprint density at radius 2 is 2.42 bits per heavy atom. The molecule has 0 radical (unpaired) electrons. The number of hydrogen-bond acceptors (Lipinski definition) is 4. The molecule has 1 aromatic heterocycles. The number of aromatic nitrogens is 2. The maximum absolute atomic E-state index is 4.22. The molecule has 0 saturated carbocycles. The lowest BCUT2D eigenvalue weighted by atomic mass is 10.2. The number of hydrogen-bond donors (Lipinski definition) is 3. The van der Waals surface area contributed by atoms with Crippen LogP contribution < -0.4 is 10.6 Å². The Morgan fingerprint density at radius 1 is 1.58 bits per heavy atom. The van der Waals surface area contributed by atoms with Gasteiger partial charge in [-0.2, -0.15) is 5.10 Å². The lowest BCUT2D eigenvalue weighted by molar-refractivity contribution is 0.622. The molecule has 0 saturated heterocycles. The summed E-state index contributed by atoms with van der Waals surface area (Å²) >= 11 is 0. The molecule has 64 valence electrons. The van der Waals surface area contributed by atoms with Crippen LogP contribution in [0.1, 0.15) is 17.4 Å². The summed E-state index contributed by atoms with van der Waals surface area (Å²) in [4.78, 5) is 4.22. The lowest BCUT2D eigenvalue weighted by Crippen LogP contribution is -2.20. The summed E-state index contributed by atoms with van der Waals surface area (Å²) < 4.78 is 0. The summed E-state index contributed by atoms with van der Waals surface area (Å²) in [6, 6.07) is 0. The van der Waals surface area contributed by atoms with Gasteiger partial charge in [-0.25, -0.2) is 0 Å². The van der Waals surface area contributed by atoms with Crippen molar-refractivity contribution in [3.63, 3.8) is 0 Å². The van der Waals surface area contributed by atoms with Crippen molar-refractivity contribution in [1.82, 2.24) is 15.5 Å². The molecule has 0 aliphatic carbocycles. The average molecular weight is 165 g/mol. The van der Waals surface area contributed by atoms with Crippen LogP contribution in [0, 0.1) is 6.92 Å². The summed E-state index contributed by atoms with van der Waals surface area (Å²) in [5.74, 6) is 0.863. The summed E-state index contributed by atoms with van der Waals surface area (Å²) in [5.41, 5.74) is 2.15. The number of anilines is 1. The fourth-order valence-corrected chi connectivity index (χ4v) is 1.35. The molecule has 1 aromatic rings. The molecule has 0 aromatic carbocycles. The van der Waals surface area contributed by atoms with Crippen molar-refractivity contribution in [2.45, 2.75) is 13.1 Å². The Kier molecular flexibility index (Phi) is 1.58. The van der Waals surface area contributed by atoms with Gasteiger partial charge in [0, 0.05) is 5.69 Å². The largest absolute Gasteiger partial charge is 0.330 e. The zero-order chi connectivity index (χ0) is 8.55. The van der Waals surface area contributed by atoms with Crippen LogP contribution in [-0.2, 0) is 0 Å². The van der Waals surface area contributed by atoms with Crippen molar-refractivity contribution in [3.8, 4) is 0 Å². The average Bonchev–Trinajstić information content (AvgIpc) is 2.48. The molecule has 5 nitrogen and oxygen atoms in total. The van der Waals surface area contributed by atoms with E-state index in [1.165, 1.54) is 0 Å². The van der Waals surface area contributed by atoms with Gasteiger partial charge < -0.3 is 5.32 Å². The molecular formula is C7H11N5. The van der Waals surface area contributed by atoms with E-state index in [0.717, 1.165) is 17.1 Å². The van der Waals surface area contributed by atoms with E-state index in [-0.39, 0.29) is 6.17 Å². The molecule has 3 N–H and O–H groups in total. The van der Waals surface area contributed by atoms with Crippen molar-refractivity contribution < 1.29 is 0 Å². The fourth-order valence-electron chi connectivity index (χ4n) is 1.35. The van der Waals surface area contributed by atoms with E-state index in [0.29, 0.717) is 0 Å². The normalized spacial score (nSPS) is 20.3. The van der Waals surface area contributed by atoms with E-state index in [2.05, 4.69) is 25.8 Å². The molecule has 12 heavy (non-hydrogen) atoms. The SMILES string of the molecule is CNC1N=CNc2n[nH]c(C)c21. The third kappa shape index (κ3) is 0.902. The van der Waals surface area contributed by atoms with E-state index in [9.17, 15) is 0 Å². The van der Waals surface area contributed by atoms with E-state index in [4.69, 9.17) is 0 Å². The van der Waals surface area contributed by atoms with Gasteiger partial charge in [-0.3, -0.25) is 15.4 Å². The first-order valence-electron chi connectivity index (χ1n) is 3.83. The number of aryl methyl sites for hydroxylation is 1. The van der Waals surface area contributed by atoms with Crippen LogP contribution in [-0.4, -0.2) is 23.6 Å². The van der Waals surface area contributed by atoms with Crippen molar-refractivity contribution >= 4 is 12.2 Å². The Bertz CT molecular complexity index is 314. The third-order valence-electron chi connectivity index (χ3n) is 1.97. The van der Waals surface area contributed by atoms with Gasteiger partial charge in [-0.05, 0) is 14.0 Å². The molecule has 0 amide bonds. The van der Waals surface area contributed by atoms with Crippen LogP contribution in [0.15, 0.2) is 4.99 Å². The minimum Gasteiger partial charge on any atom is -0.330 e. The second kappa shape index (κ2) is 2.60. The summed E-state index contributed by atoms with van der Waals surface area (Å²) in [6.45, 7) is 1.98. The molecule has 0 bridgehead atoms. The molecule has 1 aliphatic heterocycles. The quantitative estimate of drug-likeness (QED) is 0.564. The highest BCUT2D eigenvalue weighted by Crippen LogP contribution is 2.26. The molecule has 0 spiro atoms. The highest BCUT2D eigenvalue weighted by Gasteiger charge is 2.20. The number of H-pyrrole nitrogens is 1. The van der Waals surface area contributed by atoms with Gasteiger partial charge in [-0.15, -0.1) is 0 Å². The molecule has 1 unspecified atom stereocenters. The number of aromatic amines is 1. The van der Waals surface area contributed by atoms with Gasteiger partial charge in [0.1, 0.15) is 6.17 Å². The van der Waals surface area contributed by atoms with Crippen LogP contribution >= 0.6 is 0 Å². The second-order valence-corrected chi connectivity index (χ2v) is 2.72. The molecular weight excluding hydrogens is 154 g/mol. The van der Waals surface area contributed by atoms with Crippen LogP contribution in [0.5, 0.6) is 0 Å². The van der Waals surface area contributed by atoms with Crippen molar-refractivity contribution in [1.29, 1.82) is 0 Å². The summed E-state index contributed by atoms with van der Waals surface area (Å²) in [6.07, 6.45) is 1.68. The predicted octanol–water partition coefficient (Wildman–Crippen LogP) is 0.390. The summed E-state index contributed by atoms with van der Waals surface area (Å²) in [5, 5.41) is 13.1. The minimum atomic E-state index is 0.0278. The third-order valence-corrected chi connectivity index (χ3v) is 1.97. The van der Waals surface area contributed by atoms with Crippen molar-refractivity contribution in [2.75, 3.05) is 12.4 Å². The molecule has 1 atom stereocenters. The van der Waals surface area contributed by atoms with Gasteiger partial charge in [0.25, 0.3) is 0 Å². The highest BCUT2D eigenvalue weighted by molar-refractivity contribution is 5.78. The first kappa shape index (κ1) is 7.30. The standard InChI is InChI=1S/C7H11N5/c1-4-5-6(8-2)9-3-10-7(5)12-11-4/h3,6,8H,1-2H3,(H2,9,10,11,12). The number of nitrogens with one attached hydrogen (secondary N) is 3. The topological polar surface area (TPSA) is 65.1 Å². The van der Waals surface area contributed by atoms with E-state index < -0.39 is 0 Å². The Hall–Kier alpha value is -1.36. The lowest BCUT2D eigenvalue weighted by Gasteiger charge is -2.16. The molecule has 0 fully saturated rings. The van der Waals surface area contributed by atoms with Crippen molar-refractivity contribution in [2.24, 2.45) is 4.99 Å². The maximum atomic E-state index is 4.22. The Balaban J connectivity index is 2.46. The smallest absolute Gasteiger partial charge is 0.159 e. The van der Waals surface area contributed by atoms with Gasteiger partial charge in [0.15, 0.2) is 5.82 Å². The number of aliphatic imine (C=N–C) groups is 1. The first-order chi connectivity index (χ1) is 5.83. The summed E-state index contributed by atoms with van der Waals surface area (Å²) in [7, 11) is 1.88. The number of nitrogens with zero attached hydrogens (tertiary/aromatic N) is 2. The van der Waals surface area contributed by atoms with Crippen LogP contribution in [0.25, 0.3) is 0 Å². The van der Waals surface area contributed by atoms with Crippen LogP contribution in [0.4, 0.5) is 5.82 Å². The van der Waals surface area contributed by atoms with Crippen LogP contribution in [0.2, 0.25) is 0 Å². The predicted molar refractivity (Wildman–Crippen MR) is 47.2 cm³/mol. The fraction of sp³-hybridized carbons (Fsp3) is 0.429. The zero-order valence-electron chi connectivity index (χ0n) is 7.05. The Labute approximate surface area is 70.3 Å². The van der Waals surface area contributed by atoms with Gasteiger partial charge in [-0.1, -0.05) is 0 Å². The second-order valence-electron chi connectivity index (χ2n) is 2.72. The molecule has 1 aliphatic rings. The van der Waals surface area contributed by atoms with Gasteiger partial charge >= 0.3 is 0 Å². The Morgan fingerprint density at radius 3 is 3.17 bits per heavy atom. The van der Waals surface area contributed by atoms with E-state index in [1.54, 1.807) is 6.34 Å². The van der Waals surface area contributed by atoms with Crippen molar-refractivity contribution in [3.05, 3.63) is 11.3 Å². The van der Waals surface area contributed by atoms with Gasteiger partial charge in [0.2, 0.25) is 0 Å². The zero-order valence-corrected chi connectivity index (χ0v) is 7.05. The van der Waals surface area contributed by atoms with Gasteiger partial charge in [0.05, 0.1) is 11.9 Å². The minimum absolute atomic E-state index is 0.0278. The van der Waals surface area contributed by atoms with E-state index >= 15 is 0 Å². The number of rotatable bonds is 1. The molecule has 2 heterocycles. The van der Waals surface area contributed by atoms with Crippen LogP contribution in [0.3, 0.4) is 0 Å².